The van der Waals surface area contributed by atoms with E-state index in [1.165, 1.54) is 0 Å². The van der Waals surface area contributed by atoms with E-state index in [0.717, 1.165) is 38.5 Å². The summed E-state index contributed by atoms with van der Waals surface area (Å²) in [4.78, 5) is 28.8. The van der Waals surface area contributed by atoms with E-state index in [1.807, 2.05) is 0 Å². The number of rotatable bonds is 4. The van der Waals surface area contributed by atoms with Crippen LogP contribution in [0.2, 0.25) is 0 Å². The first-order valence-electron chi connectivity index (χ1n) is 14.9. The fourth-order valence-corrected chi connectivity index (χ4v) is 9.02. The number of carboxylic acid groups (broad SMARTS) is 2. The summed E-state index contributed by atoms with van der Waals surface area (Å²) in [7, 11) is 4.53. The van der Waals surface area contributed by atoms with Crippen LogP contribution < -0.4 is 0 Å². The van der Waals surface area contributed by atoms with Crippen LogP contribution in [0.25, 0.3) is 0 Å². The topological polar surface area (TPSA) is 99.5 Å². The Bertz CT molecular complexity index is 872. The van der Waals surface area contributed by atoms with E-state index in [1.54, 1.807) is 0 Å². The summed E-state index contributed by atoms with van der Waals surface area (Å²) in [5.41, 5.74) is -1.63. The third-order valence-corrected chi connectivity index (χ3v) is 12.2. The average molecular weight is 551 g/mol. The molecule has 4 fully saturated rings. The molecule has 0 bridgehead atoms. The van der Waals surface area contributed by atoms with Crippen molar-refractivity contribution in [3.05, 3.63) is 0 Å². The molecule has 0 unspecified atom stereocenters. The number of hydrogen-bond acceptors (Lipinski definition) is 6. The van der Waals surface area contributed by atoms with E-state index in [4.69, 9.17) is 9.47 Å². The zero-order valence-electron chi connectivity index (χ0n) is 26.1. The largest absolute Gasteiger partial charge is 0.480 e. The molecule has 3 heterocycles. The van der Waals surface area contributed by atoms with E-state index in [0.29, 0.717) is 24.7 Å². The Morgan fingerprint density at radius 3 is 1.21 bits per heavy atom. The second-order valence-electron chi connectivity index (χ2n) is 16.0. The molecule has 8 nitrogen and oxygen atoms in total. The van der Waals surface area contributed by atoms with Gasteiger partial charge in [0.05, 0.1) is 13.2 Å². The summed E-state index contributed by atoms with van der Waals surface area (Å²) >= 11 is 0. The molecule has 1 saturated carbocycles. The van der Waals surface area contributed by atoms with Crippen LogP contribution in [-0.4, -0.2) is 87.2 Å². The molecule has 0 aromatic heterocycles. The minimum absolute atomic E-state index is 0.0749. The van der Waals surface area contributed by atoms with Gasteiger partial charge in [-0.25, -0.2) is 0 Å². The molecule has 2 N–H and O–H groups in total. The predicted octanol–water partition coefficient (Wildman–Crippen LogP) is 5.24. The Labute approximate surface area is 235 Å². The zero-order chi connectivity index (χ0) is 29.4. The molecule has 1 aliphatic carbocycles. The van der Waals surface area contributed by atoms with E-state index in [9.17, 15) is 19.8 Å². The fourth-order valence-electron chi connectivity index (χ4n) is 9.02. The first kappa shape index (κ1) is 30.7. The third kappa shape index (κ3) is 4.95. The smallest absolute Gasteiger partial charge is 0.325 e. The van der Waals surface area contributed by atoms with Crippen LogP contribution in [0.5, 0.6) is 0 Å². The van der Waals surface area contributed by atoms with E-state index in [-0.39, 0.29) is 40.8 Å². The Morgan fingerprint density at radius 1 is 0.615 bits per heavy atom. The summed E-state index contributed by atoms with van der Waals surface area (Å²) in [5.74, 6) is -2.62. The minimum Gasteiger partial charge on any atom is -0.480 e. The highest BCUT2D eigenvalue weighted by atomic mass is 16.7. The lowest BCUT2D eigenvalue weighted by Crippen LogP contribution is -2.66. The monoisotopic (exact) mass is 550 g/mol. The molecular weight excluding hydrogens is 496 g/mol. The number of carboxylic acids is 2. The van der Waals surface area contributed by atoms with Gasteiger partial charge in [-0.1, -0.05) is 0 Å². The molecule has 39 heavy (non-hydrogen) atoms. The van der Waals surface area contributed by atoms with Crippen molar-refractivity contribution >= 4 is 11.9 Å². The van der Waals surface area contributed by atoms with Crippen LogP contribution in [0.15, 0.2) is 0 Å². The molecule has 0 atom stereocenters. The quantitative estimate of drug-likeness (QED) is 0.458. The van der Waals surface area contributed by atoms with Gasteiger partial charge in [0.25, 0.3) is 0 Å². The number of carbonyl (C=O) groups is 2. The number of nitrogens with zero attached hydrogens (tertiary/aromatic N) is 2. The number of likely N-dealkylation sites (tertiary alicyclic amines) is 2. The predicted molar refractivity (Wildman–Crippen MR) is 151 cm³/mol. The summed E-state index contributed by atoms with van der Waals surface area (Å²) in [6.07, 6.45) is 7.77. The lowest BCUT2D eigenvalue weighted by molar-refractivity contribution is -0.320. The van der Waals surface area contributed by atoms with Gasteiger partial charge in [-0.05, 0) is 125 Å². The molecular formula is C31H54N2O6. The van der Waals surface area contributed by atoms with Gasteiger partial charge in [0.1, 0.15) is 0 Å². The molecule has 8 heteroatoms. The van der Waals surface area contributed by atoms with E-state index in [2.05, 4.69) is 79.3 Å². The lowest BCUT2D eigenvalue weighted by Gasteiger charge is -2.65. The lowest BCUT2D eigenvalue weighted by atomic mass is 9.49. The van der Waals surface area contributed by atoms with Crippen LogP contribution >= 0.6 is 0 Å². The van der Waals surface area contributed by atoms with Crippen LogP contribution in [0.3, 0.4) is 0 Å². The van der Waals surface area contributed by atoms with Crippen molar-refractivity contribution in [2.45, 2.75) is 135 Å². The number of aliphatic carboxylic acids is 2. The van der Waals surface area contributed by atoms with Gasteiger partial charge >= 0.3 is 11.9 Å². The molecule has 0 aromatic rings. The Kier molecular flexibility index (Phi) is 7.41. The van der Waals surface area contributed by atoms with Gasteiger partial charge in [0.15, 0.2) is 5.79 Å². The van der Waals surface area contributed by atoms with Crippen LogP contribution in [0.1, 0.15) is 107 Å². The van der Waals surface area contributed by atoms with Crippen molar-refractivity contribution < 1.29 is 29.3 Å². The maximum absolute atomic E-state index is 11.9. The first-order valence-corrected chi connectivity index (χ1v) is 14.9. The second-order valence-corrected chi connectivity index (χ2v) is 16.0. The van der Waals surface area contributed by atoms with Crippen molar-refractivity contribution in [3.8, 4) is 0 Å². The highest BCUT2D eigenvalue weighted by Gasteiger charge is 2.61. The Morgan fingerprint density at radius 2 is 0.923 bits per heavy atom. The Balaban J connectivity index is 1.67. The fraction of sp³-hybridized carbons (Fsp3) is 0.935. The summed E-state index contributed by atoms with van der Waals surface area (Å²) in [6, 6.07) is 0. The van der Waals surface area contributed by atoms with Gasteiger partial charge in [0.2, 0.25) is 5.41 Å². The van der Waals surface area contributed by atoms with Crippen LogP contribution in [-0.2, 0) is 19.1 Å². The summed E-state index contributed by atoms with van der Waals surface area (Å²) in [5, 5.41) is 19.3. The second kappa shape index (κ2) is 9.40. The van der Waals surface area contributed by atoms with Gasteiger partial charge in [-0.3, -0.25) is 19.4 Å². The molecule has 1 spiro atoms. The summed E-state index contributed by atoms with van der Waals surface area (Å²) in [6.45, 7) is 18.3. The molecule has 0 radical (unpaired) electrons. The van der Waals surface area contributed by atoms with E-state index >= 15 is 0 Å². The van der Waals surface area contributed by atoms with Gasteiger partial charge in [0, 0.05) is 35.0 Å². The van der Waals surface area contributed by atoms with Gasteiger partial charge < -0.3 is 19.7 Å². The normalized spacial score (nSPS) is 32.1. The van der Waals surface area contributed by atoms with Gasteiger partial charge in [-0.15, -0.1) is 0 Å². The highest BCUT2D eigenvalue weighted by molar-refractivity contribution is 5.98. The van der Waals surface area contributed by atoms with Crippen LogP contribution in [0, 0.1) is 22.7 Å². The maximum atomic E-state index is 11.9. The van der Waals surface area contributed by atoms with Gasteiger partial charge in [-0.2, -0.15) is 0 Å². The maximum Gasteiger partial charge on any atom is 0.325 e. The van der Waals surface area contributed by atoms with Crippen molar-refractivity contribution in [1.29, 1.82) is 0 Å². The standard InChI is InChI=1S/C31H54N2O6/c1-25(2)15-21(16-26(3,4)32(25)9)29(22-17-27(5,6)33(10)28(7,8)18-22)11-13-31(14-12-29)38-19-30(20-39-31,23(34)35)24(36)37/h21-22H,11-20H2,1-10H3,(H,34,35)(H,36,37). The van der Waals surface area contributed by atoms with Crippen LogP contribution in [0.4, 0.5) is 0 Å². The molecule has 4 rings (SSSR count). The minimum atomic E-state index is -2.04. The zero-order valence-corrected chi connectivity index (χ0v) is 26.1. The number of hydrogen-bond donors (Lipinski definition) is 2. The van der Waals surface area contributed by atoms with Crippen molar-refractivity contribution in [3.63, 3.8) is 0 Å². The van der Waals surface area contributed by atoms with Crippen molar-refractivity contribution in [1.82, 2.24) is 9.80 Å². The third-order valence-electron chi connectivity index (χ3n) is 12.2. The number of ether oxygens (including phenoxy) is 2. The highest BCUT2D eigenvalue weighted by Crippen LogP contribution is 2.62. The van der Waals surface area contributed by atoms with Crippen molar-refractivity contribution in [2.75, 3.05) is 27.3 Å². The first-order chi connectivity index (χ1) is 17.6. The van der Waals surface area contributed by atoms with Crippen molar-refractivity contribution in [2.24, 2.45) is 22.7 Å². The molecule has 3 saturated heterocycles. The Hall–Kier alpha value is -1.22. The molecule has 0 amide bonds. The average Bonchev–Trinajstić information content (AvgIpc) is 2.81. The molecule has 224 valence electrons. The molecule has 4 aliphatic rings. The summed E-state index contributed by atoms with van der Waals surface area (Å²) < 4.78 is 12.2. The molecule has 3 aliphatic heterocycles. The molecule has 0 aromatic carbocycles. The SMILES string of the molecule is CN1C(C)(C)CC(C2(C3CC(C)(C)N(C)C(C)(C)C3)CCC3(CC2)OCC(C(=O)O)(C(=O)O)CO3)CC1(C)C. The van der Waals surface area contributed by atoms with E-state index < -0.39 is 23.1 Å². The number of piperidine rings is 2.